The molecule has 0 bridgehead atoms. The fourth-order valence-corrected chi connectivity index (χ4v) is 3.19. The highest BCUT2D eigenvalue weighted by Gasteiger charge is 2.11. The van der Waals surface area contributed by atoms with Crippen molar-refractivity contribution < 1.29 is 9.53 Å². The topological polar surface area (TPSA) is 71.9 Å². The lowest BCUT2D eigenvalue weighted by Gasteiger charge is -2.09. The van der Waals surface area contributed by atoms with Crippen LogP contribution in [0.1, 0.15) is 17.5 Å². The Morgan fingerprint density at radius 3 is 2.75 bits per heavy atom. The second-order valence-corrected chi connectivity index (χ2v) is 6.96. The molecule has 146 valence electrons. The van der Waals surface area contributed by atoms with Gasteiger partial charge >= 0.3 is 0 Å². The molecule has 7 heteroatoms. The molecule has 3 rings (SSSR count). The van der Waals surface area contributed by atoms with Crippen molar-refractivity contribution in [1.29, 1.82) is 0 Å². The van der Waals surface area contributed by atoms with Crippen LogP contribution in [-0.4, -0.2) is 34.3 Å². The number of hydrogen-bond donors (Lipinski definition) is 2. The first-order chi connectivity index (χ1) is 13.6. The highest BCUT2D eigenvalue weighted by molar-refractivity contribution is 7.71. The predicted molar refractivity (Wildman–Crippen MR) is 112 cm³/mol. The molecule has 0 aliphatic carbocycles. The van der Waals surface area contributed by atoms with Gasteiger partial charge in [-0.25, -0.2) is 0 Å². The lowest BCUT2D eigenvalue weighted by Crippen LogP contribution is -2.26. The first-order valence-electron chi connectivity index (χ1n) is 9.18. The number of hydrogen-bond acceptors (Lipinski definition) is 4. The number of aryl methyl sites for hydroxylation is 1. The van der Waals surface area contributed by atoms with E-state index >= 15 is 0 Å². The van der Waals surface area contributed by atoms with Gasteiger partial charge in [0.15, 0.2) is 10.6 Å². The Bertz CT molecular complexity index is 992. The normalized spacial score (nSPS) is 10.6. The number of carbonyl (C=O) groups is 1. The summed E-state index contributed by atoms with van der Waals surface area (Å²) < 4.78 is 7.53. The van der Waals surface area contributed by atoms with Gasteiger partial charge in [-0.1, -0.05) is 35.9 Å². The molecule has 3 aromatic rings. The van der Waals surface area contributed by atoms with E-state index in [0.717, 1.165) is 34.7 Å². The molecule has 2 N–H and O–H groups in total. The first-order valence-corrected chi connectivity index (χ1v) is 9.59. The van der Waals surface area contributed by atoms with Crippen molar-refractivity contribution in [3.63, 3.8) is 0 Å². The molecule has 6 nitrogen and oxygen atoms in total. The summed E-state index contributed by atoms with van der Waals surface area (Å²) in [4.78, 5) is 12.2. The van der Waals surface area contributed by atoms with Gasteiger partial charge in [-0.15, -0.1) is 0 Å². The number of amides is 1. The van der Waals surface area contributed by atoms with Crippen molar-refractivity contribution in [2.75, 3.05) is 13.7 Å². The maximum absolute atomic E-state index is 12.2. The van der Waals surface area contributed by atoms with E-state index in [1.165, 1.54) is 0 Å². The second kappa shape index (κ2) is 9.32. The molecule has 2 aromatic carbocycles. The number of H-pyrrole nitrogens is 1. The molecule has 0 atom stereocenters. The number of ether oxygens (including phenoxy) is 1. The smallest absolute Gasteiger partial charge is 0.221 e. The van der Waals surface area contributed by atoms with E-state index in [0.29, 0.717) is 24.3 Å². The number of nitrogens with zero attached hydrogens (tertiary/aromatic N) is 2. The van der Waals surface area contributed by atoms with Gasteiger partial charge in [-0.2, -0.15) is 5.10 Å². The molecule has 28 heavy (non-hydrogen) atoms. The van der Waals surface area contributed by atoms with Crippen LogP contribution in [0.3, 0.4) is 0 Å². The average Bonchev–Trinajstić information content (AvgIpc) is 3.07. The number of carbonyl (C=O) groups excluding carboxylic acids is 1. The molecule has 0 radical (unpaired) electrons. The fourth-order valence-electron chi connectivity index (χ4n) is 2.97. The van der Waals surface area contributed by atoms with Crippen LogP contribution in [0.5, 0.6) is 5.75 Å². The minimum Gasteiger partial charge on any atom is -0.497 e. The van der Waals surface area contributed by atoms with Crippen LogP contribution >= 0.6 is 12.2 Å². The second-order valence-electron chi connectivity index (χ2n) is 6.57. The third-order valence-electron chi connectivity index (χ3n) is 4.49. The zero-order valence-corrected chi connectivity index (χ0v) is 16.9. The van der Waals surface area contributed by atoms with Gasteiger partial charge in [0.1, 0.15) is 5.75 Å². The van der Waals surface area contributed by atoms with Gasteiger partial charge in [0.2, 0.25) is 5.91 Å². The Morgan fingerprint density at radius 2 is 2.04 bits per heavy atom. The molecule has 0 fully saturated rings. The Balaban J connectivity index is 1.53. The van der Waals surface area contributed by atoms with Gasteiger partial charge in [-0.3, -0.25) is 14.5 Å². The molecule has 0 saturated heterocycles. The molecule has 1 heterocycles. The number of aromatic amines is 1. The van der Waals surface area contributed by atoms with Crippen LogP contribution < -0.4 is 10.1 Å². The highest BCUT2D eigenvalue weighted by Crippen LogP contribution is 2.18. The Morgan fingerprint density at radius 1 is 1.25 bits per heavy atom. The molecule has 1 aromatic heterocycles. The van der Waals surface area contributed by atoms with Crippen molar-refractivity contribution in [1.82, 2.24) is 20.1 Å². The van der Waals surface area contributed by atoms with Crippen LogP contribution in [0.15, 0.2) is 48.5 Å². The summed E-state index contributed by atoms with van der Waals surface area (Å²) in [5.41, 5.74) is 3.28. The summed E-state index contributed by atoms with van der Waals surface area (Å²) >= 11 is 5.33. The number of aromatic nitrogens is 3. The zero-order chi connectivity index (χ0) is 19.9. The van der Waals surface area contributed by atoms with E-state index in [1.807, 2.05) is 54.0 Å². The molecular weight excluding hydrogens is 372 g/mol. The van der Waals surface area contributed by atoms with E-state index in [4.69, 9.17) is 17.0 Å². The van der Waals surface area contributed by atoms with Crippen LogP contribution in [0.2, 0.25) is 0 Å². The minimum atomic E-state index is -0.00759. The fraction of sp³-hybridized carbons (Fsp3) is 0.286. The summed E-state index contributed by atoms with van der Waals surface area (Å²) in [6.07, 6.45) is 1.12. The summed E-state index contributed by atoms with van der Waals surface area (Å²) in [7, 11) is 1.64. The van der Waals surface area contributed by atoms with Crippen molar-refractivity contribution >= 4 is 18.1 Å². The van der Waals surface area contributed by atoms with Gasteiger partial charge in [0.25, 0.3) is 0 Å². The van der Waals surface area contributed by atoms with Crippen molar-refractivity contribution in [3.05, 3.63) is 64.4 Å². The van der Waals surface area contributed by atoms with Gasteiger partial charge in [0.05, 0.1) is 7.11 Å². The number of methoxy groups -OCH3 is 1. The number of benzene rings is 2. The Labute approximate surface area is 169 Å². The minimum absolute atomic E-state index is 0.00759. The summed E-state index contributed by atoms with van der Waals surface area (Å²) in [6.45, 7) is 3.10. The standard InChI is InChI=1S/C21H24N4O2S/c1-15-4-3-5-17(14-15)20-23-24-21(28)25(20)13-11-19(26)22-12-10-16-6-8-18(27-2)9-7-16/h3-9,14H,10-13H2,1-2H3,(H,22,26)(H,24,28). The summed E-state index contributed by atoms with van der Waals surface area (Å²) in [6, 6.07) is 15.9. The third kappa shape index (κ3) is 5.07. The largest absolute Gasteiger partial charge is 0.497 e. The highest BCUT2D eigenvalue weighted by atomic mass is 32.1. The molecular formula is C21H24N4O2S. The van der Waals surface area contributed by atoms with E-state index in [1.54, 1.807) is 7.11 Å². The lowest BCUT2D eigenvalue weighted by molar-refractivity contribution is -0.121. The van der Waals surface area contributed by atoms with E-state index < -0.39 is 0 Å². The van der Waals surface area contributed by atoms with Gasteiger partial charge in [-0.05, 0) is 49.3 Å². The SMILES string of the molecule is COc1ccc(CCNC(=O)CCn2c(-c3cccc(C)c3)n[nH]c2=S)cc1. The molecule has 0 unspecified atom stereocenters. The van der Waals surface area contributed by atoms with E-state index in [9.17, 15) is 4.79 Å². The monoisotopic (exact) mass is 396 g/mol. The molecule has 0 aliphatic rings. The van der Waals surface area contributed by atoms with Crippen LogP contribution in [0.4, 0.5) is 0 Å². The maximum atomic E-state index is 12.2. The summed E-state index contributed by atoms with van der Waals surface area (Å²) in [5, 5.41) is 10.1. The van der Waals surface area contributed by atoms with E-state index in [-0.39, 0.29) is 5.91 Å². The Hall–Kier alpha value is -2.93. The first kappa shape index (κ1) is 19.8. The molecule has 1 amide bonds. The predicted octanol–water partition coefficient (Wildman–Crippen LogP) is 3.67. The number of rotatable bonds is 8. The van der Waals surface area contributed by atoms with Gasteiger partial charge in [0, 0.05) is 25.1 Å². The quantitative estimate of drug-likeness (QED) is 0.570. The van der Waals surface area contributed by atoms with Crippen LogP contribution in [0, 0.1) is 11.7 Å². The van der Waals surface area contributed by atoms with Crippen molar-refractivity contribution in [2.45, 2.75) is 26.3 Å². The summed E-state index contributed by atoms with van der Waals surface area (Å²) in [5.74, 6) is 1.57. The van der Waals surface area contributed by atoms with Gasteiger partial charge < -0.3 is 10.1 Å². The Kier molecular flexibility index (Phi) is 6.60. The van der Waals surface area contributed by atoms with Crippen molar-refractivity contribution in [2.24, 2.45) is 0 Å². The third-order valence-corrected chi connectivity index (χ3v) is 4.80. The number of nitrogens with one attached hydrogen (secondary N) is 2. The van der Waals surface area contributed by atoms with E-state index in [2.05, 4.69) is 21.6 Å². The molecule has 0 spiro atoms. The lowest BCUT2D eigenvalue weighted by atomic mass is 10.1. The van der Waals surface area contributed by atoms with Crippen LogP contribution in [0.25, 0.3) is 11.4 Å². The average molecular weight is 397 g/mol. The maximum Gasteiger partial charge on any atom is 0.221 e. The van der Waals surface area contributed by atoms with Crippen molar-refractivity contribution in [3.8, 4) is 17.1 Å². The molecule has 0 saturated carbocycles. The zero-order valence-electron chi connectivity index (χ0n) is 16.1. The molecule has 0 aliphatic heterocycles. The van der Waals surface area contributed by atoms with Crippen LogP contribution in [-0.2, 0) is 17.8 Å².